The molecule has 0 spiro atoms. The minimum Gasteiger partial charge on any atom is -0.478 e. The largest absolute Gasteiger partial charge is 0.478 e. The van der Waals surface area contributed by atoms with Gasteiger partial charge in [0.2, 0.25) is 0 Å². The van der Waals surface area contributed by atoms with Crippen LogP contribution >= 0.6 is 12.2 Å². The summed E-state index contributed by atoms with van der Waals surface area (Å²) in [6, 6.07) is 21.8. The van der Waals surface area contributed by atoms with E-state index in [0.29, 0.717) is 16.5 Å². The number of aromatic nitrogens is 2. The van der Waals surface area contributed by atoms with Gasteiger partial charge in [0, 0.05) is 23.8 Å². The van der Waals surface area contributed by atoms with Crippen LogP contribution in [0.15, 0.2) is 91.3 Å². The molecule has 0 bridgehead atoms. The van der Waals surface area contributed by atoms with E-state index in [-0.39, 0.29) is 17.4 Å². The van der Waals surface area contributed by atoms with E-state index in [4.69, 9.17) is 12.2 Å². The molecule has 0 unspecified atom stereocenters. The lowest BCUT2D eigenvalue weighted by Crippen LogP contribution is -2.31. The van der Waals surface area contributed by atoms with Gasteiger partial charge in [0.05, 0.1) is 23.0 Å². The zero-order valence-corrected chi connectivity index (χ0v) is 18.1. The highest BCUT2D eigenvalue weighted by atomic mass is 32.1. The summed E-state index contributed by atoms with van der Waals surface area (Å²) in [4.78, 5) is 17.8. The Morgan fingerprint density at radius 3 is 2.61 bits per heavy atom. The number of pyridine rings is 1. The number of benzene rings is 2. The van der Waals surface area contributed by atoms with E-state index in [1.807, 2.05) is 47.2 Å². The van der Waals surface area contributed by atoms with Crippen LogP contribution in [0.5, 0.6) is 0 Å². The molecule has 164 valence electrons. The molecule has 33 heavy (non-hydrogen) atoms. The first-order valence-corrected chi connectivity index (χ1v) is 10.7. The number of carbonyl (C=O) groups is 1. The lowest BCUT2D eigenvalue weighted by Gasteiger charge is -2.29. The highest BCUT2D eigenvalue weighted by molar-refractivity contribution is 7.80. The van der Waals surface area contributed by atoms with Crippen molar-refractivity contribution >= 4 is 29.0 Å². The molecule has 0 saturated carbocycles. The molecule has 1 aliphatic rings. The maximum atomic E-state index is 14.9. The van der Waals surface area contributed by atoms with E-state index in [1.165, 1.54) is 6.07 Å². The summed E-state index contributed by atoms with van der Waals surface area (Å²) >= 11 is 5.66. The van der Waals surface area contributed by atoms with Crippen molar-refractivity contribution in [2.24, 2.45) is 0 Å². The molecule has 5 rings (SSSR count). The first-order valence-electron chi connectivity index (χ1n) is 10.3. The number of aromatic carboxylic acids is 1. The van der Waals surface area contributed by atoms with Gasteiger partial charge in [-0.15, -0.1) is 0 Å². The average molecular weight is 459 g/mol. The molecule has 1 aliphatic heterocycles. The van der Waals surface area contributed by atoms with Crippen molar-refractivity contribution in [2.45, 2.75) is 12.1 Å². The number of hydrogen-bond acceptors (Lipinski definition) is 3. The molecule has 2 atom stereocenters. The van der Waals surface area contributed by atoms with Gasteiger partial charge in [0.1, 0.15) is 11.9 Å². The smallest absolute Gasteiger partial charge is 0.335 e. The molecule has 2 N–H and O–H groups in total. The molecule has 0 aliphatic carbocycles. The molecule has 2 aromatic heterocycles. The fourth-order valence-corrected chi connectivity index (χ4v) is 4.56. The van der Waals surface area contributed by atoms with Gasteiger partial charge >= 0.3 is 5.97 Å². The molecule has 0 amide bonds. The molecule has 3 heterocycles. The zero-order valence-electron chi connectivity index (χ0n) is 17.3. The Morgan fingerprint density at radius 2 is 1.85 bits per heavy atom. The Bertz CT molecular complexity index is 1340. The monoisotopic (exact) mass is 458 g/mol. The third-order valence-corrected chi connectivity index (χ3v) is 5.98. The van der Waals surface area contributed by atoms with E-state index in [1.54, 1.807) is 47.5 Å². The summed E-state index contributed by atoms with van der Waals surface area (Å²) in [5.74, 6) is -1.40. The summed E-state index contributed by atoms with van der Waals surface area (Å²) in [5.41, 5.74) is 2.78. The highest BCUT2D eigenvalue weighted by Gasteiger charge is 2.43. The minimum atomic E-state index is -1.01. The SMILES string of the molecule is O=C(O)c1cccc(-n2cccc2[C@@H]2[C@H](c3ccccn3)NC(=S)N2c2ccccc2F)c1. The van der Waals surface area contributed by atoms with Gasteiger partial charge in [-0.2, -0.15) is 0 Å². The first kappa shape index (κ1) is 20.8. The maximum Gasteiger partial charge on any atom is 0.335 e. The number of rotatable bonds is 5. The topological polar surface area (TPSA) is 70.4 Å². The minimum absolute atomic E-state index is 0.180. The van der Waals surface area contributed by atoms with Crippen LogP contribution in [0, 0.1) is 5.82 Å². The second-order valence-corrected chi connectivity index (χ2v) is 7.99. The van der Waals surface area contributed by atoms with E-state index in [2.05, 4.69) is 10.3 Å². The Balaban J connectivity index is 1.68. The fraction of sp³-hybridized carbons (Fsp3) is 0.0800. The zero-order chi connectivity index (χ0) is 22.9. The van der Waals surface area contributed by atoms with Gasteiger partial charge in [-0.05, 0) is 66.8 Å². The standard InChI is InChI=1S/C25H19FN4O2S/c26-18-9-1-2-11-20(18)30-23(22(28-25(30)33)19-10-3-4-13-27-19)21-12-6-14-29(21)17-8-5-7-16(15-17)24(31)32/h1-15,22-23H,(H,28,33)(H,31,32)/t22-,23+/m0/s1. The molecule has 8 heteroatoms. The van der Waals surface area contributed by atoms with Crippen LogP contribution in [-0.2, 0) is 0 Å². The Hall–Kier alpha value is -4.04. The second kappa shape index (κ2) is 8.48. The number of halogens is 1. The first-order chi connectivity index (χ1) is 16.0. The molecule has 2 aromatic carbocycles. The second-order valence-electron chi connectivity index (χ2n) is 7.61. The van der Waals surface area contributed by atoms with Gasteiger partial charge in [-0.3, -0.25) is 4.98 Å². The van der Waals surface area contributed by atoms with Crippen LogP contribution in [0.3, 0.4) is 0 Å². The molecular formula is C25H19FN4O2S. The quantitative estimate of drug-likeness (QED) is 0.415. The van der Waals surface area contributed by atoms with Crippen LogP contribution in [0.2, 0.25) is 0 Å². The maximum absolute atomic E-state index is 14.9. The summed E-state index contributed by atoms with van der Waals surface area (Å²) in [5, 5.41) is 13.1. The lowest BCUT2D eigenvalue weighted by molar-refractivity contribution is 0.0697. The molecule has 6 nitrogen and oxygen atoms in total. The van der Waals surface area contributed by atoms with Gasteiger partial charge in [-0.1, -0.05) is 24.3 Å². The van der Waals surface area contributed by atoms with Crippen molar-refractivity contribution < 1.29 is 14.3 Å². The van der Waals surface area contributed by atoms with Crippen LogP contribution in [0.1, 0.15) is 33.8 Å². The summed E-state index contributed by atoms with van der Waals surface area (Å²) in [6.07, 6.45) is 3.56. The highest BCUT2D eigenvalue weighted by Crippen LogP contribution is 2.42. The Kier molecular flexibility index (Phi) is 5.35. The van der Waals surface area contributed by atoms with Crippen LogP contribution < -0.4 is 10.2 Å². The number of carboxylic acids is 1. The summed E-state index contributed by atoms with van der Waals surface area (Å²) in [6.45, 7) is 0. The van der Waals surface area contributed by atoms with Crippen molar-refractivity contribution in [1.82, 2.24) is 14.9 Å². The summed E-state index contributed by atoms with van der Waals surface area (Å²) in [7, 11) is 0. The van der Waals surface area contributed by atoms with E-state index in [9.17, 15) is 14.3 Å². The number of hydrogen-bond donors (Lipinski definition) is 2. The normalized spacial score (nSPS) is 17.7. The molecular weight excluding hydrogens is 439 g/mol. The summed E-state index contributed by atoms with van der Waals surface area (Å²) < 4.78 is 16.8. The van der Waals surface area contributed by atoms with Gasteiger partial charge in [0.15, 0.2) is 5.11 Å². The number of para-hydroxylation sites is 1. The van der Waals surface area contributed by atoms with E-state index < -0.39 is 12.0 Å². The van der Waals surface area contributed by atoms with Gasteiger partial charge in [0.25, 0.3) is 0 Å². The average Bonchev–Trinajstić information content (AvgIpc) is 3.44. The predicted octanol–water partition coefficient (Wildman–Crippen LogP) is 4.89. The predicted molar refractivity (Wildman–Crippen MR) is 127 cm³/mol. The van der Waals surface area contributed by atoms with Crippen molar-refractivity contribution in [3.8, 4) is 5.69 Å². The lowest BCUT2D eigenvalue weighted by atomic mass is 10.0. The van der Waals surface area contributed by atoms with Crippen molar-refractivity contribution in [2.75, 3.05) is 4.90 Å². The number of thiocarbonyl (C=S) groups is 1. The number of nitrogens with zero attached hydrogens (tertiary/aromatic N) is 3. The Labute approximate surface area is 194 Å². The molecule has 1 saturated heterocycles. The Morgan fingerprint density at radius 1 is 1.03 bits per heavy atom. The van der Waals surface area contributed by atoms with Crippen molar-refractivity contribution in [3.05, 3.63) is 114 Å². The van der Waals surface area contributed by atoms with Gasteiger partial charge in [-0.25, -0.2) is 9.18 Å². The van der Waals surface area contributed by atoms with E-state index >= 15 is 0 Å². The number of anilines is 1. The van der Waals surface area contributed by atoms with E-state index in [0.717, 1.165) is 11.4 Å². The van der Waals surface area contributed by atoms with Gasteiger partial charge < -0.3 is 19.9 Å². The number of carboxylic acid groups (broad SMARTS) is 1. The third-order valence-electron chi connectivity index (χ3n) is 5.66. The van der Waals surface area contributed by atoms with Crippen LogP contribution in [0.25, 0.3) is 5.69 Å². The van der Waals surface area contributed by atoms with Crippen LogP contribution in [-0.4, -0.2) is 25.7 Å². The third kappa shape index (κ3) is 3.74. The molecule has 4 aromatic rings. The van der Waals surface area contributed by atoms with Crippen molar-refractivity contribution in [1.29, 1.82) is 0 Å². The number of nitrogens with one attached hydrogen (secondary N) is 1. The molecule has 0 radical (unpaired) electrons. The fourth-order valence-electron chi connectivity index (χ4n) is 4.22. The van der Waals surface area contributed by atoms with Crippen molar-refractivity contribution in [3.63, 3.8) is 0 Å². The molecule has 1 fully saturated rings. The van der Waals surface area contributed by atoms with Crippen LogP contribution in [0.4, 0.5) is 10.1 Å².